The molecule has 22 nitrogen and oxygen atoms in total. The molecule has 0 aliphatic heterocycles. The Balaban J connectivity index is -0.000000728. The standard InChI is InChI=1S/C28H26N5O6S2.Cu.3Na.2H2O4S.O3S/c1-5-40(36,37)19-9-7-18(8-10-19)30-33-27-20-11-14-23(28(35)21(20)12-13-22(27)29-4)31-32-24-15-17(3)26(16-25(24)34)41(38,39)6-2;;;;;2*1-5(2,3)4;1-4(2)3/h7-13,15-16,29,34-35H,1-2,5-6H2,3-4H3;;;;;2*(H2,1,2,3,4);/q-3;;3*+1;;;/p-2. The minimum absolute atomic E-state index is 0. The Morgan fingerprint density at radius 3 is 1.66 bits per heavy atom. The van der Waals surface area contributed by atoms with Crippen LogP contribution in [-0.4, -0.2) is 93.3 Å². The molecule has 5 N–H and O–H groups in total. The van der Waals surface area contributed by atoms with Gasteiger partial charge in [0.05, 0.1) is 21.2 Å². The number of nitrogens with one attached hydrogen (secondary N) is 1. The van der Waals surface area contributed by atoms with Gasteiger partial charge in [-0.2, -0.15) is 27.5 Å². The normalized spacial score (nSPS) is 11.1. The van der Waals surface area contributed by atoms with Crippen molar-refractivity contribution in [3.63, 3.8) is 0 Å². The molecular weight excluding hydrogens is 971 g/mol. The molecule has 4 aromatic rings. The van der Waals surface area contributed by atoms with Gasteiger partial charge in [-0.3, -0.25) is 9.11 Å². The van der Waals surface area contributed by atoms with Gasteiger partial charge in [0.25, 0.3) is 0 Å². The van der Waals surface area contributed by atoms with Gasteiger partial charge in [-0.25, -0.2) is 33.7 Å². The molecule has 0 aromatic heterocycles. The summed E-state index contributed by atoms with van der Waals surface area (Å²) in [6.07, 6.45) is 0. The zero-order valence-electron chi connectivity index (χ0n) is 31.3. The van der Waals surface area contributed by atoms with Crippen LogP contribution in [0.4, 0.5) is 28.4 Å². The van der Waals surface area contributed by atoms with Crippen molar-refractivity contribution in [3.05, 3.63) is 80.1 Å². The maximum atomic E-state index is 12.2. The van der Waals surface area contributed by atoms with Gasteiger partial charge < -0.3 is 38.5 Å². The number of rotatable bonds is 9. The molecule has 0 atom stereocenters. The average Bonchev–Trinajstić information content (AvgIpc) is 3.06. The van der Waals surface area contributed by atoms with Crippen LogP contribution in [-0.2, 0) is 68.1 Å². The smallest absolute Gasteiger partial charge is 0.726 e. The summed E-state index contributed by atoms with van der Waals surface area (Å²) in [5.41, 5.74) is 1.76. The van der Waals surface area contributed by atoms with Crippen molar-refractivity contribution in [2.45, 2.75) is 16.7 Å². The largest absolute Gasteiger partial charge is 1.00 e. The van der Waals surface area contributed by atoms with Gasteiger partial charge in [-0.15, -0.1) is 17.7 Å². The number of aryl methyl sites for hydroxylation is 1. The molecule has 0 aliphatic carbocycles. The molecule has 4 aromatic carbocycles. The Kier molecular flexibility index (Phi) is 30.7. The molecule has 313 valence electrons. The number of anilines is 1. The SMILES string of the molecule is O=S(=O)([O-])O.O=S(=O)([O-])O.O=S(=O)=O.[CH2-]CS(=O)(=O)c1ccc(N=Nc2c(NC)ccc3c(O)c(N=Nc4cc(C)c(S(=O)(=O)C[CH2-])cc4O)[c-]cc23)cc1.[Cu].[Na+].[Na+].[Na+]. The third kappa shape index (κ3) is 23.5. The van der Waals surface area contributed by atoms with E-state index < -0.39 is 56.8 Å². The zero-order chi connectivity index (χ0) is 42.5. The van der Waals surface area contributed by atoms with Crippen LogP contribution in [0.2, 0.25) is 0 Å². The number of nitrogens with zero attached hydrogens (tertiary/aromatic N) is 4. The Hall–Kier alpha value is -1.48. The molecule has 0 fully saturated rings. The van der Waals surface area contributed by atoms with E-state index in [0.29, 0.717) is 33.4 Å². The Labute approximate surface area is 418 Å². The van der Waals surface area contributed by atoms with E-state index in [1.165, 1.54) is 30.3 Å². The second kappa shape index (κ2) is 28.3. The van der Waals surface area contributed by atoms with E-state index in [1.54, 1.807) is 32.2 Å². The predicted octanol–water partition coefficient (Wildman–Crippen LogP) is -5.54. The fraction of sp³-hybridized carbons (Fsp3) is 0.143. The molecule has 0 amide bonds. The number of sulfone groups is 2. The molecule has 0 heterocycles. The van der Waals surface area contributed by atoms with Crippen LogP contribution in [0.5, 0.6) is 11.5 Å². The summed E-state index contributed by atoms with van der Waals surface area (Å²) in [5, 5.41) is 41.7. The van der Waals surface area contributed by atoms with Crippen molar-refractivity contribution in [1.29, 1.82) is 0 Å². The van der Waals surface area contributed by atoms with E-state index in [4.69, 9.17) is 47.7 Å². The van der Waals surface area contributed by atoms with Crippen LogP contribution in [0.25, 0.3) is 10.8 Å². The van der Waals surface area contributed by atoms with E-state index in [9.17, 15) is 27.0 Å². The molecule has 0 saturated carbocycles. The molecule has 0 aliphatic rings. The number of fused-ring (bicyclic) bond motifs is 1. The Morgan fingerprint density at radius 2 is 1.22 bits per heavy atom. The van der Waals surface area contributed by atoms with Gasteiger partial charge in [-0.1, -0.05) is 28.3 Å². The maximum absolute atomic E-state index is 12.2. The Bertz CT molecular complexity index is 2610. The second-order valence-electron chi connectivity index (χ2n) is 9.86. The van der Waals surface area contributed by atoms with E-state index in [2.05, 4.69) is 45.7 Å². The van der Waals surface area contributed by atoms with Crippen molar-refractivity contribution in [2.24, 2.45) is 20.5 Å². The maximum Gasteiger partial charge on any atom is 1.00 e. The second-order valence-corrected chi connectivity index (χ2v) is 16.2. The topological polar surface area (TPSA) is 376 Å². The number of hydrogen-bond acceptors (Lipinski definition) is 20. The summed E-state index contributed by atoms with van der Waals surface area (Å²) in [7, 11) is -18.3. The third-order valence-electron chi connectivity index (χ3n) is 6.18. The van der Waals surface area contributed by atoms with Crippen LogP contribution in [0, 0.1) is 26.8 Å². The first-order valence-electron chi connectivity index (χ1n) is 14.0. The fourth-order valence-electron chi connectivity index (χ4n) is 3.92. The number of benzene rings is 4. The summed E-state index contributed by atoms with van der Waals surface area (Å²) < 4.78 is 139. The summed E-state index contributed by atoms with van der Waals surface area (Å²) >= 11 is 0. The Morgan fingerprint density at radius 1 is 0.746 bits per heavy atom. The average molecular weight is 999 g/mol. The number of phenols is 2. The molecule has 0 bridgehead atoms. The van der Waals surface area contributed by atoms with Gasteiger partial charge >= 0.3 is 99.3 Å². The van der Waals surface area contributed by atoms with Crippen LogP contribution >= 0.6 is 0 Å². The van der Waals surface area contributed by atoms with Gasteiger partial charge in [0.15, 0.2) is 19.7 Å². The van der Waals surface area contributed by atoms with Gasteiger partial charge in [0, 0.05) is 47.3 Å². The summed E-state index contributed by atoms with van der Waals surface area (Å²) in [6.45, 7) is 8.41. The molecule has 1 radical (unpaired) electrons. The van der Waals surface area contributed by atoms with Gasteiger partial charge in [0.1, 0.15) is 11.4 Å². The summed E-state index contributed by atoms with van der Waals surface area (Å²) in [4.78, 5) is 0.0850. The number of aromatic hydroxyl groups is 2. The third-order valence-corrected chi connectivity index (χ3v) is 9.36. The molecule has 0 unspecified atom stereocenters. The van der Waals surface area contributed by atoms with Crippen molar-refractivity contribution in [3.8, 4) is 11.5 Å². The van der Waals surface area contributed by atoms with E-state index in [0.717, 1.165) is 6.07 Å². The fourth-order valence-corrected chi connectivity index (χ4v) is 5.77. The quantitative estimate of drug-likeness (QED) is 0.0343. The first-order chi connectivity index (χ1) is 25.1. The minimum atomic E-state index is -4.92. The van der Waals surface area contributed by atoms with E-state index >= 15 is 0 Å². The van der Waals surface area contributed by atoms with Gasteiger partial charge in [-0.05, 0) is 48.9 Å². The van der Waals surface area contributed by atoms with Gasteiger partial charge in [0.2, 0.25) is 20.8 Å². The summed E-state index contributed by atoms with van der Waals surface area (Å²) in [5.74, 6) is -1.27. The molecule has 0 saturated heterocycles. The van der Waals surface area contributed by atoms with Crippen LogP contribution in [0.1, 0.15) is 5.56 Å². The monoisotopic (exact) mass is 998 g/mol. The van der Waals surface area contributed by atoms with Crippen LogP contribution in [0.3, 0.4) is 0 Å². The zero-order valence-corrected chi connectivity index (χ0v) is 42.3. The van der Waals surface area contributed by atoms with Crippen molar-refractivity contribution < 1.29 is 180 Å². The number of phenolic OH excluding ortho intramolecular Hbond substituents is 2. The van der Waals surface area contributed by atoms with E-state index in [-0.39, 0.29) is 144 Å². The molecule has 0 spiro atoms. The first kappa shape index (κ1) is 64.1. The van der Waals surface area contributed by atoms with Crippen molar-refractivity contribution in [1.82, 2.24) is 0 Å². The number of azo groups is 2. The van der Waals surface area contributed by atoms with Crippen LogP contribution in [0.15, 0.2) is 84.8 Å². The molecule has 31 heteroatoms. The molecule has 59 heavy (non-hydrogen) atoms. The molecule has 4 rings (SSSR count). The first-order valence-corrected chi connectivity index (χ1v) is 21.0. The predicted molar refractivity (Wildman–Crippen MR) is 191 cm³/mol. The van der Waals surface area contributed by atoms with Crippen molar-refractivity contribution in [2.75, 3.05) is 23.9 Å². The molecular formula is C28H28CuN5Na3O17S5-2. The van der Waals surface area contributed by atoms with E-state index in [1.807, 2.05) is 0 Å². The summed E-state index contributed by atoms with van der Waals surface area (Å²) in [6, 6.07) is 16.1. The van der Waals surface area contributed by atoms with Crippen molar-refractivity contribution >= 4 is 90.3 Å². The minimum Gasteiger partial charge on any atom is -0.726 e. The number of hydrogen-bond donors (Lipinski definition) is 5. The van der Waals surface area contributed by atoms with Crippen LogP contribution < -0.4 is 94.0 Å².